The van der Waals surface area contributed by atoms with E-state index in [2.05, 4.69) is 0 Å². The lowest BCUT2D eigenvalue weighted by Gasteiger charge is -2.04. The van der Waals surface area contributed by atoms with Gasteiger partial charge >= 0.3 is 0 Å². The van der Waals surface area contributed by atoms with E-state index in [0.717, 1.165) is 34.1 Å². The molecule has 0 aliphatic carbocycles. The lowest BCUT2D eigenvalue weighted by Crippen LogP contribution is -2.02. The molecule has 0 N–H and O–H groups in total. The van der Waals surface area contributed by atoms with Crippen LogP contribution in [-0.2, 0) is 0 Å². The van der Waals surface area contributed by atoms with Crippen molar-refractivity contribution in [3.63, 3.8) is 0 Å². The quantitative estimate of drug-likeness (QED) is 0.371. The van der Waals surface area contributed by atoms with Crippen LogP contribution in [0.5, 0.6) is 0 Å². The van der Waals surface area contributed by atoms with Crippen molar-refractivity contribution in [2.75, 3.05) is 23.0 Å². The van der Waals surface area contributed by atoms with Crippen molar-refractivity contribution < 1.29 is 9.59 Å². The lowest BCUT2D eigenvalue weighted by atomic mass is 10.1. The summed E-state index contributed by atoms with van der Waals surface area (Å²) >= 11 is 3.62. The van der Waals surface area contributed by atoms with Crippen molar-refractivity contribution in [1.29, 1.82) is 0 Å². The molecule has 0 aromatic heterocycles. The maximum Gasteiger partial charge on any atom is 0.163 e. The fraction of sp³-hybridized carbons (Fsp3) is 0.364. The maximum absolute atomic E-state index is 12.1. The van der Waals surface area contributed by atoms with E-state index in [9.17, 15) is 9.59 Å². The minimum absolute atomic E-state index is 0.217. The molecule has 2 rings (SSSR count). The average Bonchev–Trinajstić information content (AvgIpc) is 2.64. The van der Waals surface area contributed by atoms with Crippen LogP contribution < -0.4 is 0 Å². The fourth-order valence-corrected chi connectivity index (χ4v) is 4.43. The SMILES string of the molecule is Cc1ccc(C(=O)CCSCCSCCC(=O)c2ccc(C)cc2)cc1. The van der Waals surface area contributed by atoms with Crippen LogP contribution in [0, 0.1) is 13.8 Å². The third-order valence-corrected chi connectivity index (χ3v) is 6.30. The topological polar surface area (TPSA) is 34.1 Å². The van der Waals surface area contributed by atoms with E-state index < -0.39 is 0 Å². The molecule has 0 amide bonds. The Morgan fingerprint density at radius 3 is 1.31 bits per heavy atom. The molecule has 0 unspecified atom stereocenters. The van der Waals surface area contributed by atoms with Crippen LogP contribution in [0.25, 0.3) is 0 Å². The van der Waals surface area contributed by atoms with Crippen LogP contribution in [0.2, 0.25) is 0 Å². The monoisotopic (exact) mass is 386 g/mol. The van der Waals surface area contributed by atoms with Gasteiger partial charge in [-0.3, -0.25) is 9.59 Å². The second-order valence-electron chi connectivity index (χ2n) is 6.30. The summed E-state index contributed by atoms with van der Waals surface area (Å²) in [5.74, 6) is 4.18. The van der Waals surface area contributed by atoms with Gasteiger partial charge in [0, 0.05) is 47.0 Å². The molecule has 2 aromatic carbocycles. The largest absolute Gasteiger partial charge is 0.294 e. The van der Waals surface area contributed by atoms with Gasteiger partial charge in [-0.05, 0) is 13.8 Å². The first-order chi connectivity index (χ1) is 12.6. The molecule has 0 aliphatic heterocycles. The van der Waals surface area contributed by atoms with Gasteiger partial charge in [-0.2, -0.15) is 23.5 Å². The molecular weight excluding hydrogens is 360 g/mol. The number of benzene rings is 2. The summed E-state index contributed by atoms with van der Waals surface area (Å²) in [6, 6.07) is 15.5. The molecule has 0 heterocycles. The van der Waals surface area contributed by atoms with Gasteiger partial charge in [0.05, 0.1) is 0 Å². The molecule has 0 aliphatic rings. The summed E-state index contributed by atoms with van der Waals surface area (Å²) in [5.41, 5.74) is 3.96. The van der Waals surface area contributed by atoms with Crippen LogP contribution in [-0.4, -0.2) is 34.6 Å². The van der Waals surface area contributed by atoms with E-state index in [1.54, 1.807) is 0 Å². The smallest absolute Gasteiger partial charge is 0.163 e. The van der Waals surface area contributed by atoms with E-state index in [4.69, 9.17) is 0 Å². The normalized spacial score (nSPS) is 10.7. The molecule has 138 valence electrons. The predicted molar refractivity (Wildman–Crippen MR) is 115 cm³/mol. The first-order valence-electron chi connectivity index (χ1n) is 8.91. The third kappa shape index (κ3) is 7.38. The van der Waals surface area contributed by atoms with Gasteiger partial charge in [0.2, 0.25) is 0 Å². The van der Waals surface area contributed by atoms with Crippen molar-refractivity contribution >= 4 is 35.1 Å². The van der Waals surface area contributed by atoms with Gasteiger partial charge < -0.3 is 0 Å². The van der Waals surface area contributed by atoms with Crippen LogP contribution in [0.15, 0.2) is 48.5 Å². The number of ketones is 2. The number of carbonyl (C=O) groups excluding carboxylic acids is 2. The summed E-state index contributed by atoms with van der Waals surface area (Å²) in [6.07, 6.45) is 1.18. The molecule has 0 atom stereocenters. The number of hydrogen-bond acceptors (Lipinski definition) is 4. The lowest BCUT2D eigenvalue weighted by molar-refractivity contribution is 0.0981. The first kappa shape index (κ1) is 20.8. The molecule has 0 spiro atoms. The zero-order chi connectivity index (χ0) is 18.8. The van der Waals surface area contributed by atoms with Crippen LogP contribution in [0.3, 0.4) is 0 Å². The Kier molecular flexibility index (Phi) is 8.99. The highest BCUT2D eigenvalue weighted by Gasteiger charge is 2.06. The molecule has 2 aromatic rings. The Balaban J connectivity index is 1.51. The van der Waals surface area contributed by atoms with Gasteiger partial charge in [-0.15, -0.1) is 0 Å². The van der Waals surface area contributed by atoms with Crippen molar-refractivity contribution in [1.82, 2.24) is 0 Å². The number of rotatable bonds is 11. The van der Waals surface area contributed by atoms with Crippen LogP contribution in [0.1, 0.15) is 44.7 Å². The van der Waals surface area contributed by atoms with Gasteiger partial charge in [0.15, 0.2) is 11.6 Å². The molecule has 0 fully saturated rings. The number of thioether (sulfide) groups is 2. The zero-order valence-corrected chi connectivity index (χ0v) is 17.1. The van der Waals surface area contributed by atoms with Crippen molar-refractivity contribution in [2.24, 2.45) is 0 Å². The minimum atomic E-state index is 0.217. The minimum Gasteiger partial charge on any atom is -0.294 e. The number of aryl methyl sites for hydroxylation is 2. The first-order valence-corrected chi connectivity index (χ1v) is 11.2. The number of carbonyl (C=O) groups is 2. The third-order valence-electron chi connectivity index (χ3n) is 4.07. The summed E-state index contributed by atoms with van der Waals surface area (Å²) in [6.45, 7) is 4.05. The van der Waals surface area contributed by atoms with E-state index in [1.165, 1.54) is 11.1 Å². The van der Waals surface area contributed by atoms with E-state index in [1.807, 2.05) is 85.9 Å². The highest BCUT2D eigenvalue weighted by molar-refractivity contribution is 8.02. The van der Waals surface area contributed by atoms with E-state index >= 15 is 0 Å². The van der Waals surface area contributed by atoms with Gasteiger partial charge in [-0.25, -0.2) is 0 Å². The van der Waals surface area contributed by atoms with Crippen LogP contribution in [0.4, 0.5) is 0 Å². The van der Waals surface area contributed by atoms with Crippen molar-refractivity contribution in [3.05, 3.63) is 70.8 Å². The standard InChI is InChI=1S/C22H26O2S2/c1-17-3-7-19(8-4-17)21(23)11-13-25-15-16-26-14-12-22(24)20-9-5-18(2)6-10-20/h3-10H,11-16H2,1-2H3. The molecule has 2 nitrogen and oxygen atoms in total. The highest BCUT2D eigenvalue weighted by atomic mass is 32.2. The average molecular weight is 387 g/mol. The molecule has 0 radical (unpaired) electrons. The Hall–Kier alpha value is -1.52. The molecule has 4 heteroatoms. The molecule has 26 heavy (non-hydrogen) atoms. The van der Waals surface area contributed by atoms with Crippen molar-refractivity contribution in [2.45, 2.75) is 26.7 Å². The molecule has 0 saturated heterocycles. The van der Waals surface area contributed by atoms with Crippen LogP contribution >= 0.6 is 23.5 Å². The number of hydrogen-bond donors (Lipinski definition) is 0. The Morgan fingerprint density at radius 1 is 0.615 bits per heavy atom. The molecular formula is C22H26O2S2. The Bertz CT molecular complexity index is 642. The van der Waals surface area contributed by atoms with Gasteiger partial charge in [0.25, 0.3) is 0 Å². The molecule has 0 saturated carbocycles. The Morgan fingerprint density at radius 2 is 0.962 bits per heavy atom. The summed E-state index contributed by atoms with van der Waals surface area (Å²) in [5, 5.41) is 0. The highest BCUT2D eigenvalue weighted by Crippen LogP contribution is 2.14. The fourth-order valence-electron chi connectivity index (χ4n) is 2.42. The van der Waals surface area contributed by atoms with E-state index in [-0.39, 0.29) is 11.6 Å². The zero-order valence-electron chi connectivity index (χ0n) is 15.5. The predicted octanol–water partition coefficient (Wildman–Crippen LogP) is 5.62. The maximum atomic E-state index is 12.1. The van der Waals surface area contributed by atoms with E-state index in [0.29, 0.717) is 12.8 Å². The summed E-state index contributed by atoms with van der Waals surface area (Å²) in [4.78, 5) is 24.1. The van der Waals surface area contributed by atoms with Crippen molar-refractivity contribution in [3.8, 4) is 0 Å². The van der Waals surface area contributed by atoms with Gasteiger partial charge in [-0.1, -0.05) is 59.7 Å². The Labute approximate surface area is 165 Å². The molecule has 0 bridgehead atoms. The second-order valence-corrected chi connectivity index (χ2v) is 8.75. The summed E-state index contributed by atoms with van der Waals surface area (Å²) in [7, 11) is 0. The second kappa shape index (κ2) is 11.2. The number of Topliss-reactive ketones (excluding diaryl/α,β-unsaturated/α-hetero) is 2. The van der Waals surface area contributed by atoms with Gasteiger partial charge in [0.1, 0.15) is 0 Å². The summed E-state index contributed by atoms with van der Waals surface area (Å²) < 4.78 is 0.